The molecule has 0 fully saturated rings. The minimum atomic E-state index is -0.443. The van der Waals surface area contributed by atoms with Crippen LogP contribution in [-0.4, -0.2) is 26.8 Å². The van der Waals surface area contributed by atoms with Crippen molar-refractivity contribution in [1.82, 2.24) is 9.78 Å². The fourth-order valence-electron chi connectivity index (χ4n) is 2.98. The van der Waals surface area contributed by atoms with Crippen LogP contribution >= 0.6 is 0 Å². The van der Waals surface area contributed by atoms with Gasteiger partial charge >= 0.3 is 0 Å². The van der Waals surface area contributed by atoms with E-state index in [2.05, 4.69) is 15.3 Å². The van der Waals surface area contributed by atoms with Crippen molar-refractivity contribution < 1.29 is 9.50 Å². The number of H-pyrrole nitrogens is 1. The van der Waals surface area contributed by atoms with E-state index in [1.54, 1.807) is 12.1 Å². The van der Waals surface area contributed by atoms with Crippen molar-refractivity contribution in [3.05, 3.63) is 86.5 Å². The molecule has 1 aliphatic rings. The van der Waals surface area contributed by atoms with Gasteiger partial charge in [0.2, 0.25) is 5.88 Å². The lowest BCUT2D eigenvalue weighted by molar-refractivity contribution is 0.432. The van der Waals surface area contributed by atoms with Crippen LogP contribution in [0, 0.1) is 19.7 Å². The summed E-state index contributed by atoms with van der Waals surface area (Å²) in [7, 11) is 0. The lowest BCUT2D eigenvalue weighted by Gasteiger charge is -2.07. The van der Waals surface area contributed by atoms with Crippen molar-refractivity contribution in [2.75, 3.05) is 0 Å². The molecule has 28 heavy (non-hydrogen) atoms. The molecule has 2 aromatic carbocycles. The number of aryl methyl sites for hydroxylation is 2. The molecule has 3 aromatic rings. The molecule has 7 heteroatoms. The molecule has 0 bridgehead atoms. The Bertz CT molecular complexity index is 1210. The highest BCUT2D eigenvalue weighted by Crippen LogP contribution is 2.24. The number of benzene rings is 2. The van der Waals surface area contributed by atoms with Crippen LogP contribution in [0.15, 0.2) is 63.0 Å². The van der Waals surface area contributed by atoms with Gasteiger partial charge in [0, 0.05) is 11.1 Å². The van der Waals surface area contributed by atoms with Gasteiger partial charge < -0.3 is 5.11 Å². The second kappa shape index (κ2) is 6.77. The standard InChI is InChI=1S/C21H17FN4O2/c1-12-3-8-17(9-13(12)2)26-21(28)18(20(27)25-26)10-15-11-23-24-19(15)14-4-6-16(22)7-5-14/h3-11,28H,1-2H3,(H,25,27). The fraction of sp³-hybridized carbons (Fsp3) is 0.0952. The molecule has 0 atom stereocenters. The zero-order chi connectivity index (χ0) is 19.8. The summed E-state index contributed by atoms with van der Waals surface area (Å²) in [4.78, 5) is 12.4. The smallest absolute Gasteiger partial charge is 0.275 e. The monoisotopic (exact) mass is 376 g/mol. The molecule has 6 nitrogen and oxygen atoms in total. The van der Waals surface area contributed by atoms with Crippen LogP contribution in [0.3, 0.4) is 0 Å². The molecule has 0 unspecified atom stereocenters. The number of hydrogen-bond donors (Lipinski definition) is 2. The summed E-state index contributed by atoms with van der Waals surface area (Å²) < 4.78 is 14.5. The van der Waals surface area contributed by atoms with Gasteiger partial charge in [0.15, 0.2) is 0 Å². The predicted octanol–water partition coefficient (Wildman–Crippen LogP) is 3.50. The van der Waals surface area contributed by atoms with Gasteiger partial charge in [0.1, 0.15) is 17.1 Å². The molecule has 2 N–H and O–H groups in total. The Labute approximate surface area is 160 Å². The topological polar surface area (TPSA) is 82.7 Å². The van der Waals surface area contributed by atoms with Crippen molar-refractivity contribution in [3.63, 3.8) is 0 Å². The molecular formula is C21H17FN4O2. The van der Waals surface area contributed by atoms with Gasteiger partial charge in [-0.05, 0) is 67.4 Å². The highest BCUT2D eigenvalue weighted by molar-refractivity contribution is 6.28. The Hall–Kier alpha value is -3.74. The number of aromatic hydroxyl groups is 1. The van der Waals surface area contributed by atoms with Crippen molar-refractivity contribution >= 4 is 18.0 Å². The zero-order valence-corrected chi connectivity index (χ0v) is 15.3. The predicted molar refractivity (Wildman–Crippen MR) is 107 cm³/mol. The van der Waals surface area contributed by atoms with Crippen molar-refractivity contribution in [2.45, 2.75) is 13.8 Å². The van der Waals surface area contributed by atoms with E-state index in [-0.39, 0.29) is 17.3 Å². The van der Waals surface area contributed by atoms with E-state index in [1.165, 1.54) is 29.1 Å². The van der Waals surface area contributed by atoms with Crippen molar-refractivity contribution in [2.24, 2.45) is 10.2 Å². The first kappa shape index (κ1) is 17.7. The minimum absolute atomic E-state index is 0.0939. The van der Waals surface area contributed by atoms with Crippen molar-refractivity contribution in [1.29, 1.82) is 0 Å². The largest absolute Gasteiger partial charge is 0.493 e. The highest BCUT2D eigenvalue weighted by Gasteiger charge is 2.18. The first-order chi connectivity index (χ1) is 13.4. The van der Waals surface area contributed by atoms with Crippen LogP contribution in [0.2, 0.25) is 0 Å². The van der Waals surface area contributed by atoms with E-state index in [1.807, 2.05) is 32.0 Å². The van der Waals surface area contributed by atoms with Crippen LogP contribution in [0.4, 0.5) is 4.39 Å². The van der Waals surface area contributed by atoms with Gasteiger partial charge in [-0.25, -0.2) is 9.07 Å². The molecule has 0 saturated carbocycles. The highest BCUT2D eigenvalue weighted by atomic mass is 19.1. The number of allylic oxidation sites excluding steroid dienone is 1. The number of halogens is 1. The van der Waals surface area contributed by atoms with Gasteiger partial charge in [-0.1, -0.05) is 6.07 Å². The van der Waals surface area contributed by atoms with E-state index in [0.717, 1.165) is 11.1 Å². The number of rotatable bonds is 3. The second-order valence-electron chi connectivity index (χ2n) is 6.58. The molecule has 0 radical (unpaired) electrons. The number of hydrogen-bond acceptors (Lipinski definition) is 4. The van der Waals surface area contributed by atoms with Crippen LogP contribution in [0.25, 0.3) is 11.8 Å². The third kappa shape index (κ3) is 3.07. The quantitative estimate of drug-likeness (QED) is 0.733. The number of aromatic amines is 1. The average Bonchev–Trinajstić information content (AvgIpc) is 3.25. The Morgan fingerprint density at radius 3 is 2.57 bits per heavy atom. The first-order valence-electron chi connectivity index (χ1n) is 8.64. The molecular weight excluding hydrogens is 359 g/mol. The number of nitrogens with zero attached hydrogens (tertiary/aromatic N) is 3. The van der Waals surface area contributed by atoms with Crippen LogP contribution < -0.4 is 5.56 Å². The zero-order valence-electron chi connectivity index (χ0n) is 15.3. The van der Waals surface area contributed by atoms with E-state index in [9.17, 15) is 14.3 Å². The summed E-state index contributed by atoms with van der Waals surface area (Å²) in [5.74, 6) is -0.562. The van der Waals surface area contributed by atoms with Gasteiger partial charge in [0.05, 0.1) is 11.9 Å². The van der Waals surface area contributed by atoms with E-state index in [4.69, 9.17) is 0 Å². The minimum Gasteiger partial charge on any atom is -0.493 e. The van der Waals surface area contributed by atoms with Crippen LogP contribution in [0.1, 0.15) is 22.3 Å². The van der Waals surface area contributed by atoms with E-state index >= 15 is 0 Å². The third-order valence-corrected chi connectivity index (χ3v) is 4.70. The molecule has 4 rings (SSSR count). The Balaban J connectivity index is 1.76. The third-order valence-electron chi connectivity index (χ3n) is 4.70. The Morgan fingerprint density at radius 1 is 1.11 bits per heavy atom. The number of aromatic nitrogens is 2. The maximum Gasteiger partial charge on any atom is 0.275 e. The molecule has 2 heterocycles. The Kier molecular flexibility index (Phi) is 4.27. The molecule has 1 aliphatic heterocycles. The lowest BCUT2D eigenvalue weighted by Crippen LogP contribution is -2.07. The van der Waals surface area contributed by atoms with E-state index < -0.39 is 5.56 Å². The maximum atomic E-state index is 13.2. The van der Waals surface area contributed by atoms with Gasteiger partial charge in [-0.15, -0.1) is 5.10 Å². The first-order valence-corrected chi connectivity index (χ1v) is 8.64. The molecule has 0 saturated heterocycles. The SMILES string of the molecule is Cc1ccc(-n2[nH]c(=O)c(C=C3C=NN=C3c3ccc(F)cc3)c2O)cc1C. The molecule has 1 aromatic heterocycles. The fourth-order valence-corrected chi connectivity index (χ4v) is 2.98. The average molecular weight is 376 g/mol. The van der Waals surface area contributed by atoms with Crippen LogP contribution in [-0.2, 0) is 0 Å². The van der Waals surface area contributed by atoms with E-state index in [0.29, 0.717) is 22.5 Å². The summed E-state index contributed by atoms with van der Waals surface area (Å²) in [6.07, 6.45) is 3.01. The summed E-state index contributed by atoms with van der Waals surface area (Å²) in [5.41, 5.74) is 4.16. The maximum absolute atomic E-state index is 13.2. The summed E-state index contributed by atoms with van der Waals surface area (Å²) in [6.45, 7) is 3.95. The second-order valence-corrected chi connectivity index (χ2v) is 6.58. The summed E-state index contributed by atoms with van der Waals surface area (Å²) >= 11 is 0. The molecule has 0 amide bonds. The molecule has 0 aliphatic carbocycles. The Morgan fingerprint density at radius 2 is 1.86 bits per heavy atom. The lowest BCUT2D eigenvalue weighted by atomic mass is 10.0. The van der Waals surface area contributed by atoms with Gasteiger partial charge in [-0.3, -0.25) is 9.89 Å². The molecule has 140 valence electrons. The molecule has 0 spiro atoms. The van der Waals surface area contributed by atoms with Crippen molar-refractivity contribution in [3.8, 4) is 11.6 Å². The normalized spacial score (nSPS) is 14.7. The summed E-state index contributed by atoms with van der Waals surface area (Å²) in [5, 5.41) is 21.2. The number of nitrogens with one attached hydrogen (secondary N) is 1. The van der Waals surface area contributed by atoms with Gasteiger partial charge in [-0.2, -0.15) is 5.10 Å². The van der Waals surface area contributed by atoms with Crippen LogP contribution in [0.5, 0.6) is 5.88 Å². The van der Waals surface area contributed by atoms with Gasteiger partial charge in [0.25, 0.3) is 5.56 Å². The summed E-state index contributed by atoms with van der Waals surface area (Å²) in [6, 6.07) is 11.4.